The van der Waals surface area contributed by atoms with Gasteiger partial charge in [0.05, 0.1) is 0 Å². The van der Waals surface area contributed by atoms with Crippen molar-refractivity contribution in [2.75, 3.05) is 27.2 Å². The van der Waals surface area contributed by atoms with Crippen LogP contribution in [0.1, 0.15) is 19.8 Å². The lowest BCUT2D eigenvalue weighted by Gasteiger charge is -2.25. The second-order valence-corrected chi connectivity index (χ2v) is 3.96. The fourth-order valence-electron chi connectivity index (χ4n) is 1.13. The highest BCUT2D eigenvalue weighted by molar-refractivity contribution is 5.86. The Morgan fingerprint density at radius 2 is 2.06 bits per heavy atom. The smallest absolute Gasteiger partial charge is 0.352 e. The number of hydrogen-bond donors (Lipinski definition) is 1. The summed E-state index contributed by atoms with van der Waals surface area (Å²) in [6.07, 6.45) is 2.34. The number of rotatable bonds is 7. The molecule has 5 heteroatoms. The predicted octanol–water partition coefficient (Wildman–Crippen LogP) is 0.623. The Labute approximate surface area is 96.6 Å². The standard InChI is InChI=1S/C11H20N2O3/c1-5-10(14)12-8-7-9-13(3,4)16-11(15)6-2/h5H,1,6-9H2,2-4H3/p+1. The third-order valence-corrected chi connectivity index (χ3v) is 2.00. The fourth-order valence-corrected chi connectivity index (χ4v) is 1.13. The molecule has 0 rings (SSSR count). The largest absolute Gasteiger partial charge is 0.366 e. The summed E-state index contributed by atoms with van der Waals surface area (Å²) in [7, 11) is 3.62. The van der Waals surface area contributed by atoms with E-state index in [-0.39, 0.29) is 16.5 Å². The van der Waals surface area contributed by atoms with E-state index in [9.17, 15) is 9.59 Å². The average molecular weight is 229 g/mol. The van der Waals surface area contributed by atoms with E-state index < -0.39 is 0 Å². The molecule has 0 aromatic heterocycles. The first-order valence-corrected chi connectivity index (χ1v) is 5.37. The third kappa shape index (κ3) is 7.00. The van der Waals surface area contributed by atoms with Crippen molar-refractivity contribution in [3.8, 4) is 0 Å². The summed E-state index contributed by atoms with van der Waals surface area (Å²) in [5, 5.41) is 2.66. The summed E-state index contributed by atoms with van der Waals surface area (Å²) >= 11 is 0. The second kappa shape index (κ2) is 7.00. The monoisotopic (exact) mass is 229 g/mol. The van der Waals surface area contributed by atoms with Crippen molar-refractivity contribution in [3.05, 3.63) is 12.7 Å². The number of carbonyl (C=O) groups is 2. The lowest BCUT2D eigenvalue weighted by atomic mass is 10.4. The molecular formula is C11H21N2O3+. The van der Waals surface area contributed by atoms with Crippen LogP contribution in [0, 0.1) is 0 Å². The van der Waals surface area contributed by atoms with Gasteiger partial charge in [0, 0.05) is 19.4 Å². The van der Waals surface area contributed by atoms with E-state index in [4.69, 9.17) is 4.84 Å². The Morgan fingerprint density at radius 1 is 1.44 bits per heavy atom. The summed E-state index contributed by atoms with van der Waals surface area (Å²) in [6.45, 7) is 6.32. The molecule has 0 fully saturated rings. The number of carbonyl (C=O) groups excluding carboxylic acids is 2. The van der Waals surface area contributed by atoms with Crippen molar-refractivity contribution < 1.29 is 19.1 Å². The number of hydrogen-bond acceptors (Lipinski definition) is 3. The van der Waals surface area contributed by atoms with E-state index in [0.29, 0.717) is 19.5 Å². The summed E-state index contributed by atoms with van der Waals surface area (Å²) < 4.78 is 0.177. The van der Waals surface area contributed by atoms with Crippen molar-refractivity contribution in [2.45, 2.75) is 19.8 Å². The number of hydroxylamine groups is 3. The average Bonchev–Trinajstić information content (AvgIpc) is 2.23. The minimum atomic E-state index is -0.222. The fraction of sp³-hybridized carbons (Fsp3) is 0.636. The van der Waals surface area contributed by atoms with Gasteiger partial charge in [0.25, 0.3) is 0 Å². The minimum Gasteiger partial charge on any atom is -0.352 e. The highest BCUT2D eigenvalue weighted by atomic mass is 16.7. The molecule has 16 heavy (non-hydrogen) atoms. The Hall–Kier alpha value is -1.36. The van der Waals surface area contributed by atoms with Crippen LogP contribution in [0.15, 0.2) is 12.7 Å². The van der Waals surface area contributed by atoms with Gasteiger partial charge in [-0.3, -0.25) is 9.63 Å². The van der Waals surface area contributed by atoms with Crippen LogP contribution in [0.25, 0.3) is 0 Å². The molecule has 0 saturated heterocycles. The summed E-state index contributed by atoms with van der Waals surface area (Å²) in [5.41, 5.74) is 0. The molecule has 0 aliphatic rings. The maximum Gasteiger partial charge on any atom is 0.366 e. The maximum absolute atomic E-state index is 11.1. The normalized spacial score (nSPS) is 10.7. The summed E-state index contributed by atoms with van der Waals surface area (Å²) in [6, 6.07) is 0. The van der Waals surface area contributed by atoms with Crippen LogP contribution >= 0.6 is 0 Å². The van der Waals surface area contributed by atoms with Gasteiger partial charge in [0.15, 0.2) is 0 Å². The van der Waals surface area contributed by atoms with Crippen LogP contribution in [0.4, 0.5) is 0 Å². The Morgan fingerprint density at radius 3 is 2.56 bits per heavy atom. The molecule has 0 aliphatic heterocycles. The zero-order chi connectivity index (χ0) is 12.6. The van der Waals surface area contributed by atoms with Gasteiger partial charge in [-0.2, -0.15) is 0 Å². The highest BCUT2D eigenvalue weighted by Crippen LogP contribution is 2.02. The number of nitrogens with zero attached hydrogens (tertiary/aromatic N) is 1. The van der Waals surface area contributed by atoms with Crippen molar-refractivity contribution in [3.63, 3.8) is 0 Å². The molecule has 0 saturated carbocycles. The van der Waals surface area contributed by atoms with Crippen LogP contribution in [0.3, 0.4) is 0 Å². The van der Waals surface area contributed by atoms with Gasteiger partial charge in [0.1, 0.15) is 20.6 Å². The zero-order valence-electron chi connectivity index (χ0n) is 10.3. The first kappa shape index (κ1) is 14.6. The van der Waals surface area contributed by atoms with Crippen LogP contribution < -0.4 is 5.32 Å². The van der Waals surface area contributed by atoms with Gasteiger partial charge in [-0.25, -0.2) is 4.79 Å². The van der Waals surface area contributed by atoms with E-state index in [0.717, 1.165) is 6.42 Å². The first-order valence-electron chi connectivity index (χ1n) is 5.37. The minimum absolute atomic E-state index is 0.177. The number of quaternary nitrogens is 1. The molecule has 0 radical (unpaired) electrons. The van der Waals surface area contributed by atoms with E-state index in [1.54, 1.807) is 6.92 Å². The molecule has 0 spiro atoms. The van der Waals surface area contributed by atoms with Crippen molar-refractivity contribution in [2.24, 2.45) is 0 Å². The molecule has 0 aromatic rings. The molecule has 0 heterocycles. The molecule has 5 nitrogen and oxygen atoms in total. The highest BCUT2D eigenvalue weighted by Gasteiger charge is 2.20. The Kier molecular flexibility index (Phi) is 6.41. The molecule has 0 bridgehead atoms. The maximum atomic E-state index is 11.1. The zero-order valence-corrected chi connectivity index (χ0v) is 10.3. The van der Waals surface area contributed by atoms with E-state index in [1.807, 2.05) is 14.1 Å². The number of nitrogens with one attached hydrogen (secondary N) is 1. The molecular weight excluding hydrogens is 208 g/mol. The van der Waals surface area contributed by atoms with Crippen LogP contribution in [-0.4, -0.2) is 43.7 Å². The van der Waals surface area contributed by atoms with E-state index in [2.05, 4.69) is 11.9 Å². The molecule has 0 unspecified atom stereocenters. The van der Waals surface area contributed by atoms with Crippen molar-refractivity contribution in [1.29, 1.82) is 0 Å². The molecule has 1 amide bonds. The lowest BCUT2D eigenvalue weighted by Crippen LogP contribution is -2.43. The number of amides is 1. The quantitative estimate of drug-likeness (QED) is 0.301. The van der Waals surface area contributed by atoms with Gasteiger partial charge in [-0.15, -0.1) is 4.65 Å². The first-order chi connectivity index (χ1) is 7.41. The topological polar surface area (TPSA) is 55.4 Å². The van der Waals surface area contributed by atoms with Crippen LogP contribution in [0.2, 0.25) is 0 Å². The summed E-state index contributed by atoms with van der Waals surface area (Å²) in [5.74, 6) is -0.406. The van der Waals surface area contributed by atoms with Gasteiger partial charge in [-0.1, -0.05) is 13.5 Å². The lowest BCUT2D eigenvalue weighted by molar-refractivity contribution is -1.06. The van der Waals surface area contributed by atoms with Crippen molar-refractivity contribution >= 4 is 11.9 Å². The van der Waals surface area contributed by atoms with Gasteiger partial charge in [0.2, 0.25) is 5.91 Å². The third-order valence-electron chi connectivity index (χ3n) is 2.00. The van der Waals surface area contributed by atoms with Gasteiger partial charge < -0.3 is 5.32 Å². The second-order valence-electron chi connectivity index (χ2n) is 3.96. The SMILES string of the molecule is C=CC(=O)NCCC[N+](C)(C)OC(=O)CC. The van der Waals surface area contributed by atoms with Gasteiger partial charge >= 0.3 is 5.97 Å². The van der Waals surface area contributed by atoms with E-state index >= 15 is 0 Å². The Balaban J connectivity index is 3.77. The molecule has 92 valence electrons. The molecule has 0 aromatic carbocycles. The molecule has 1 N–H and O–H groups in total. The summed E-state index contributed by atoms with van der Waals surface area (Å²) in [4.78, 5) is 27.1. The van der Waals surface area contributed by atoms with Crippen LogP contribution in [0.5, 0.6) is 0 Å². The predicted molar refractivity (Wildman–Crippen MR) is 61.2 cm³/mol. The van der Waals surface area contributed by atoms with Crippen LogP contribution in [-0.2, 0) is 14.4 Å². The molecule has 0 atom stereocenters. The van der Waals surface area contributed by atoms with E-state index in [1.165, 1.54) is 6.08 Å². The molecule has 0 aliphatic carbocycles. The van der Waals surface area contributed by atoms with Gasteiger partial charge in [-0.05, 0) is 6.08 Å². The Bertz CT molecular complexity index is 262. The van der Waals surface area contributed by atoms with Crippen molar-refractivity contribution in [1.82, 2.24) is 5.32 Å².